The second kappa shape index (κ2) is 17.3. The fourth-order valence-corrected chi connectivity index (χ4v) is 4.52. The Morgan fingerprint density at radius 2 is 1.23 bits per heavy atom. The number of rotatable bonds is 6. The zero-order chi connectivity index (χ0) is 33.2. The van der Waals surface area contributed by atoms with Crippen LogP contribution in [0.2, 0.25) is 0 Å². The number of aryl methyl sites for hydroxylation is 4. The van der Waals surface area contributed by atoms with E-state index in [9.17, 15) is 0 Å². The number of ether oxygens (including phenoxy) is 1. The second-order valence-corrected chi connectivity index (χ2v) is 11.1. The van der Waals surface area contributed by atoms with Crippen LogP contribution in [0, 0.1) is 61.5 Å². The molecular formula is C38H42N7OOs. The van der Waals surface area contributed by atoms with Gasteiger partial charge >= 0.3 is 19.8 Å². The summed E-state index contributed by atoms with van der Waals surface area (Å²) in [5.41, 5.74) is 11.1. The molecule has 1 aromatic carbocycles. The monoisotopic (exact) mass is 804 g/mol. The molecule has 0 unspecified atom stereocenters. The Morgan fingerprint density at radius 1 is 0.702 bits per heavy atom. The van der Waals surface area contributed by atoms with Crippen LogP contribution in [-0.2, 0) is 19.8 Å². The van der Waals surface area contributed by atoms with Crippen molar-refractivity contribution in [3.05, 3.63) is 143 Å². The maximum atomic E-state index is 5.45. The molecular weight excluding hydrogens is 761 g/mol. The van der Waals surface area contributed by atoms with Crippen LogP contribution in [0.4, 0.5) is 0 Å². The number of hydrogen-bond donors (Lipinski definition) is 0. The minimum absolute atomic E-state index is 0. The SMILES string of the molecule is C=CCOc1ccnc(-c2[c-]cccc2)c1.Cc1ccnc(-n2nc(C)c(C)c2C)c1.Cc1ccnc(-n2nc(C)c(C)c2C)c1.[Os+]. The van der Waals surface area contributed by atoms with Crippen molar-refractivity contribution < 1.29 is 24.5 Å². The van der Waals surface area contributed by atoms with Crippen LogP contribution in [0.1, 0.15) is 45.0 Å². The zero-order valence-electron chi connectivity index (χ0n) is 28.4. The first-order chi connectivity index (χ1) is 22.1. The van der Waals surface area contributed by atoms with Gasteiger partial charge in [-0.2, -0.15) is 10.2 Å². The number of nitrogens with zero attached hydrogens (tertiary/aromatic N) is 7. The quantitative estimate of drug-likeness (QED) is 0.125. The van der Waals surface area contributed by atoms with Crippen LogP contribution in [0.3, 0.4) is 0 Å². The van der Waals surface area contributed by atoms with Gasteiger partial charge in [-0.15, -0.1) is 35.9 Å². The summed E-state index contributed by atoms with van der Waals surface area (Å²) in [4.78, 5) is 12.9. The third-order valence-electron chi connectivity index (χ3n) is 7.63. The molecule has 0 aliphatic heterocycles. The van der Waals surface area contributed by atoms with E-state index in [1.54, 1.807) is 12.3 Å². The molecule has 0 saturated carbocycles. The van der Waals surface area contributed by atoms with E-state index >= 15 is 0 Å². The summed E-state index contributed by atoms with van der Waals surface area (Å²) in [6.07, 6.45) is 7.08. The molecule has 0 aliphatic carbocycles. The van der Waals surface area contributed by atoms with Crippen molar-refractivity contribution in [3.63, 3.8) is 0 Å². The van der Waals surface area contributed by atoms with Crippen LogP contribution < -0.4 is 4.74 Å². The Hall–Kier alpha value is -4.73. The van der Waals surface area contributed by atoms with Crippen LogP contribution in [0.25, 0.3) is 22.9 Å². The summed E-state index contributed by atoms with van der Waals surface area (Å²) < 4.78 is 9.25. The molecule has 0 N–H and O–H groups in total. The van der Waals surface area contributed by atoms with Gasteiger partial charge in [0.2, 0.25) is 0 Å². The first-order valence-corrected chi connectivity index (χ1v) is 15.2. The van der Waals surface area contributed by atoms with Gasteiger partial charge in [0, 0.05) is 30.0 Å². The summed E-state index contributed by atoms with van der Waals surface area (Å²) in [7, 11) is 0. The third kappa shape index (κ3) is 9.63. The number of pyridine rings is 3. The maximum absolute atomic E-state index is 5.45. The van der Waals surface area contributed by atoms with Crippen LogP contribution >= 0.6 is 0 Å². The van der Waals surface area contributed by atoms with E-state index in [1.807, 2.05) is 96.3 Å². The standard InChI is InChI=1S/C14H12NO.2C12H15N3.Os/c1-2-10-16-13-8-9-15-14(11-13)12-6-4-3-5-7-12;2*1-8-5-6-13-12(7-8)15-11(4)9(2)10(3)14-15;/h2-6,8-9,11H,1,10H2;2*5-7H,1-4H3;/q-1;;;+1. The molecule has 47 heavy (non-hydrogen) atoms. The minimum atomic E-state index is 0. The van der Waals surface area contributed by atoms with E-state index in [0.29, 0.717) is 6.61 Å². The summed E-state index contributed by atoms with van der Waals surface area (Å²) >= 11 is 0. The average Bonchev–Trinajstić information content (AvgIpc) is 3.48. The molecule has 0 bridgehead atoms. The first-order valence-electron chi connectivity index (χ1n) is 15.2. The summed E-state index contributed by atoms with van der Waals surface area (Å²) in [5, 5.41) is 8.95. The average molecular weight is 803 g/mol. The van der Waals surface area contributed by atoms with Gasteiger partial charge in [0.05, 0.1) is 11.4 Å². The van der Waals surface area contributed by atoms with E-state index in [-0.39, 0.29) is 19.8 Å². The molecule has 0 spiro atoms. The molecule has 0 saturated heterocycles. The molecule has 5 heterocycles. The van der Waals surface area contributed by atoms with Crippen LogP contribution in [0.5, 0.6) is 5.75 Å². The molecule has 8 nitrogen and oxygen atoms in total. The Morgan fingerprint density at radius 3 is 1.66 bits per heavy atom. The van der Waals surface area contributed by atoms with Crippen LogP contribution in [0.15, 0.2) is 91.9 Å². The third-order valence-corrected chi connectivity index (χ3v) is 7.63. The van der Waals surface area contributed by atoms with Gasteiger partial charge < -0.3 is 9.72 Å². The van der Waals surface area contributed by atoms with E-state index < -0.39 is 0 Å². The minimum Gasteiger partial charge on any atom is -0.490 e. The molecule has 9 heteroatoms. The molecule has 5 aromatic heterocycles. The van der Waals surface area contributed by atoms with E-state index in [2.05, 4.69) is 79.3 Å². The van der Waals surface area contributed by atoms with Gasteiger partial charge in [-0.1, -0.05) is 12.7 Å². The van der Waals surface area contributed by atoms with E-state index in [0.717, 1.165) is 51.4 Å². The normalized spacial score (nSPS) is 10.1. The Balaban J connectivity index is 0.000000190. The molecule has 0 amide bonds. The summed E-state index contributed by atoms with van der Waals surface area (Å²) in [5.74, 6) is 2.58. The predicted molar refractivity (Wildman–Crippen MR) is 185 cm³/mol. The van der Waals surface area contributed by atoms with Crippen molar-refractivity contribution in [2.45, 2.75) is 55.4 Å². The van der Waals surface area contributed by atoms with Crippen molar-refractivity contribution in [3.8, 4) is 28.6 Å². The maximum Gasteiger partial charge on any atom is 1.00 e. The topological polar surface area (TPSA) is 83.5 Å². The van der Waals surface area contributed by atoms with Crippen molar-refractivity contribution in [2.75, 3.05) is 6.61 Å². The molecule has 6 rings (SSSR count). The summed E-state index contributed by atoms with van der Waals surface area (Å²) in [6, 6.07) is 22.7. The van der Waals surface area contributed by atoms with Gasteiger partial charge in [0.1, 0.15) is 12.4 Å². The first kappa shape index (κ1) is 36.7. The zero-order valence-corrected chi connectivity index (χ0v) is 30.9. The molecule has 1 radical (unpaired) electrons. The molecule has 0 aliphatic rings. The van der Waals surface area contributed by atoms with Gasteiger partial charge in [0.15, 0.2) is 11.6 Å². The Bertz CT molecular complexity index is 1820. The van der Waals surface area contributed by atoms with E-state index in [4.69, 9.17) is 4.74 Å². The molecule has 6 aromatic rings. The van der Waals surface area contributed by atoms with Crippen molar-refractivity contribution in [1.29, 1.82) is 0 Å². The second-order valence-electron chi connectivity index (χ2n) is 11.1. The number of aromatic nitrogens is 7. The number of benzene rings is 1. The number of hydrogen-bond acceptors (Lipinski definition) is 6. The molecule has 243 valence electrons. The van der Waals surface area contributed by atoms with Crippen molar-refractivity contribution in [2.24, 2.45) is 0 Å². The fourth-order valence-electron chi connectivity index (χ4n) is 4.52. The largest absolute Gasteiger partial charge is 1.00 e. The molecule has 0 atom stereocenters. The van der Waals surface area contributed by atoms with Gasteiger partial charge in [-0.25, -0.2) is 19.3 Å². The van der Waals surface area contributed by atoms with Crippen LogP contribution in [-0.4, -0.2) is 41.1 Å². The Labute approximate surface area is 291 Å². The van der Waals surface area contributed by atoms with Gasteiger partial charge in [-0.05, 0) is 120 Å². The smallest absolute Gasteiger partial charge is 0.490 e. The summed E-state index contributed by atoms with van der Waals surface area (Å²) in [6.45, 7) is 20.6. The molecule has 0 fully saturated rings. The Kier molecular flexibility index (Phi) is 13.5. The predicted octanol–water partition coefficient (Wildman–Crippen LogP) is 8.11. The van der Waals surface area contributed by atoms with Crippen molar-refractivity contribution in [1.82, 2.24) is 34.5 Å². The van der Waals surface area contributed by atoms with Crippen molar-refractivity contribution >= 4 is 0 Å². The van der Waals surface area contributed by atoms with E-state index in [1.165, 1.54) is 22.3 Å². The van der Waals surface area contributed by atoms with Gasteiger partial charge in [0.25, 0.3) is 0 Å². The van der Waals surface area contributed by atoms with Gasteiger partial charge in [-0.3, -0.25) is 0 Å². The fraction of sp³-hybridized carbons (Fsp3) is 0.237.